The molecule has 0 spiro atoms. The van der Waals surface area contributed by atoms with Gasteiger partial charge in [0, 0.05) is 17.0 Å². The average Bonchev–Trinajstić information content (AvgIpc) is 3.22. The number of fused-ring (bicyclic) bond motifs is 8. The smallest absolute Gasteiger partial charge is 0.201 e. The molecule has 0 aliphatic heterocycles. The fourth-order valence-electron chi connectivity index (χ4n) is 7.03. The third-order valence-corrected chi connectivity index (χ3v) is 9.20. The van der Waals surface area contributed by atoms with E-state index < -0.39 is 0 Å². The molecular weight excluding hydrogens is 362 g/mol. The zero-order chi connectivity index (χ0) is 21.0. The second-order valence-electron chi connectivity index (χ2n) is 10.9. The van der Waals surface area contributed by atoms with Crippen molar-refractivity contribution >= 4 is 0 Å². The number of hydrogen-bond donors (Lipinski definition) is 0. The molecule has 30 heavy (non-hydrogen) atoms. The highest BCUT2D eigenvalue weighted by atomic mass is 14.9. The summed E-state index contributed by atoms with van der Waals surface area (Å²) in [7, 11) is 2.25. The lowest BCUT2D eigenvalue weighted by Gasteiger charge is -2.34. The summed E-state index contributed by atoms with van der Waals surface area (Å²) in [6, 6.07) is 14.2. The summed E-state index contributed by atoms with van der Waals surface area (Å²) in [5.74, 6) is 0.689. The molecule has 1 saturated carbocycles. The maximum atomic E-state index is 2.56. The van der Waals surface area contributed by atoms with Gasteiger partial charge in [-0.3, -0.25) is 0 Å². The first-order chi connectivity index (χ1) is 14.2. The zero-order valence-corrected chi connectivity index (χ0v) is 19.2. The van der Waals surface area contributed by atoms with E-state index in [1.54, 1.807) is 11.1 Å². The van der Waals surface area contributed by atoms with E-state index in [-0.39, 0.29) is 0 Å². The molecule has 1 fully saturated rings. The second kappa shape index (κ2) is 5.63. The van der Waals surface area contributed by atoms with Crippen LogP contribution in [0.4, 0.5) is 0 Å². The standard InChI is InChI=1S/C29H32N/c1-17-7-9-19-14-22-20(21(19)13-17)10-8-18(2)27(22)26-15-23-24-11-12-29(5,28(24,3)4)25(23)16-30(26)6/h7-10,13,15-16,24H,11-12,14H2,1-6H3/q+1. The molecule has 3 aliphatic rings. The Bertz CT molecular complexity index is 1250. The van der Waals surface area contributed by atoms with Gasteiger partial charge in [0.2, 0.25) is 5.69 Å². The molecule has 0 N–H and O–H groups in total. The molecule has 1 heteroatoms. The van der Waals surface area contributed by atoms with Gasteiger partial charge in [0.05, 0.1) is 5.56 Å². The van der Waals surface area contributed by atoms with Crippen LogP contribution in [0.2, 0.25) is 0 Å². The molecule has 3 aromatic rings. The minimum Gasteiger partial charge on any atom is -0.201 e. The van der Waals surface area contributed by atoms with Crippen molar-refractivity contribution in [2.75, 3.05) is 0 Å². The lowest BCUT2D eigenvalue weighted by molar-refractivity contribution is -0.661. The van der Waals surface area contributed by atoms with E-state index in [9.17, 15) is 0 Å². The Balaban J connectivity index is 1.58. The summed E-state index contributed by atoms with van der Waals surface area (Å²) in [5.41, 5.74) is 15.3. The molecule has 1 nitrogen and oxygen atoms in total. The number of aryl methyl sites for hydroxylation is 3. The van der Waals surface area contributed by atoms with E-state index in [1.807, 2.05) is 0 Å². The van der Waals surface area contributed by atoms with E-state index in [0.29, 0.717) is 16.7 Å². The molecule has 2 unspecified atom stereocenters. The van der Waals surface area contributed by atoms with Gasteiger partial charge in [0.25, 0.3) is 0 Å². The van der Waals surface area contributed by atoms with Gasteiger partial charge >= 0.3 is 0 Å². The Morgan fingerprint density at radius 2 is 1.77 bits per heavy atom. The fourth-order valence-corrected chi connectivity index (χ4v) is 7.03. The predicted molar refractivity (Wildman–Crippen MR) is 124 cm³/mol. The van der Waals surface area contributed by atoms with Crippen molar-refractivity contribution in [3.8, 4) is 22.4 Å². The second-order valence-corrected chi connectivity index (χ2v) is 10.9. The summed E-state index contributed by atoms with van der Waals surface area (Å²) in [4.78, 5) is 0. The SMILES string of the molecule is Cc1ccc2c(c1)-c1ccc(C)c(-c3cc4c(c[n+]3C)C3(C)CCC4C3(C)C)c1C2. The summed E-state index contributed by atoms with van der Waals surface area (Å²) in [6.45, 7) is 12.0. The molecule has 2 aromatic carbocycles. The quantitative estimate of drug-likeness (QED) is 0.323. The topological polar surface area (TPSA) is 3.88 Å². The summed E-state index contributed by atoms with van der Waals surface area (Å²) >= 11 is 0. The Labute approximate surface area is 180 Å². The third-order valence-electron chi connectivity index (χ3n) is 9.20. The van der Waals surface area contributed by atoms with Gasteiger partial charge in [-0.1, -0.05) is 56.7 Å². The van der Waals surface area contributed by atoms with Gasteiger partial charge < -0.3 is 0 Å². The first-order valence-corrected chi connectivity index (χ1v) is 11.5. The van der Waals surface area contributed by atoms with Crippen molar-refractivity contribution in [3.05, 3.63) is 76.0 Å². The third kappa shape index (κ3) is 2.06. The molecule has 1 heterocycles. The number of nitrogens with zero attached hydrogens (tertiary/aromatic N) is 1. The lowest BCUT2D eigenvalue weighted by Crippen LogP contribution is -2.36. The Morgan fingerprint density at radius 1 is 0.967 bits per heavy atom. The summed E-state index contributed by atoms with van der Waals surface area (Å²) in [6.07, 6.45) is 6.17. The van der Waals surface area contributed by atoms with Crippen LogP contribution < -0.4 is 4.57 Å². The van der Waals surface area contributed by atoms with Crippen LogP contribution in [0.5, 0.6) is 0 Å². The minimum absolute atomic E-state index is 0.310. The number of benzene rings is 2. The Morgan fingerprint density at radius 3 is 2.57 bits per heavy atom. The molecule has 0 radical (unpaired) electrons. The molecule has 0 amide bonds. The van der Waals surface area contributed by atoms with Gasteiger partial charge in [-0.25, -0.2) is 4.57 Å². The summed E-state index contributed by atoms with van der Waals surface area (Å²) < 4.78 is 2.41. The van der Waals surface area contributed by atoms with Gasteiger partial charge in [-0.2, -0.15) is 0 Å². The van der Waals surface area contributed by atoms with Crippen LogP contribution in [0.15, 0.2) is 42.6 Å². The maximum absolute atomic E-state index is 2.56. The highest BCUT2D eigenvalue weighted by Crippen LogP contribution is 2.67. The maximum Gasteiger partial charge on any atom is 0.213 e. The Hall–Kier alpha value is -2.41. The van der Waals surface area contributed by atoms with Gasteiger partial charge in [-0.15, -0.1) is 0 Å². The van der Waals surface area contributed by atoms with Gasteiger partial charge in [0.15, 0.2) is 6.20 Å². The van der Waals surface area contributed by atoms with Gasteiger partial charge in [-0.05, 0) is 77.8 Å². The molecule has 2 bridgehead atoms. The van der Waals surface area contributed by atoms with Crippen LogP contribution in [-0.2, 0) is 18.9 Å². The fraction of sp³-hybridized carbons (Fsp3) is 0.414. The van der Waals surface area contributed by atoms with E-state index >= 15 is 0 Å². The van der Waals surface area contributed by atoms with Crippen molar-refractivity contribution < 1.29 is 4.57 Å². The normalized spacial score (nSPS) is 24.7. The molecule has 1 aromatic heterocycles. The molecule has 152 valence electrons. The number of rotatable bonds is 1. The predicted octanol–water partition coefficient (Wildman–Crippen LogP) is 6.54. The first kappa shape index (κ1) is 18.4. The number of pyridine rings is 1. The molecule has 2 atom stereocenters. The molecule has 6 rings (SSSR count). The number of hydrogen-bond acceptors (Lipinski definition) is 0. The van der Waals surface area contributed by atoms with Crippen molar-refractivity contribution in [2.45, 2.75) is 65.2 Å². The van der Waals surface area contributed by atoms with Crippen LogP contribution in [-0.4, -0.2) is 0 Å². The van der Waals surface area contributed by atoms with Crippen LogP contribution in [0.25, 0.3) is 22.4 Å². The van der Waals surface area contributed by atoms with Crippen LogP contribution in [0, 0.1) is 19.3 Å². The first-order valence-electron chi connectivity index (χ1n) is 11.5. The summed E-state index contributed by atoms with van der Waals surface area (Å²) in [5, 5.41) is 0. The molecule has 0 saturated heterocycles. The Kier molecular flexibility index (Phi) is 3.45. The van der Waals surface area contributed by atoms with Gasteiger partial charge in [0.1, 0.15) is 7.05 Å². The lowest BCUT2D eigenvalue weighted by atomic mass is 9.69. The van der Waals surface area contributed by atoms with E-state index in [4.69, 9.17) is 0 Å². The number of aromatic nitrogens is 1. The molecular formula is C29H32N+. The van der Waals surface area contributed by atoms with Crippen molar-refractivity contribution in [1.82, 2.24) is 0 Å². The highest BCUT2D eigenvalue weighted by Gasteiger charge is 2.60. The largest absolute Gasteiger partial charge is 0.213 e. The van der Waals surface area contributed by atoms with E-state index in [2.05, 4.69) is 88.8 Å². The zero-order valence-electron chi connectivity index (χ0n) is 19.2. The minimum atomic E-state index is 0.310. The average molecular weight is 395 g/mol. The molecule has 3 aliphatic carbocycles. The van der Waals surface area contributed by atoms with Crippen LogP contribution >= 0.6 is 0 Å². The monoisotopic (exact) mass is 394 g/mol. The van der Waals surface area contributed by atoms with Crippen molar-refractivity contribution in [3.63, 3.8) is 0 Å². The van der Waals surface area contributed by atoms with Crippen molar-refractivity contribution in [2.24, 2.45) is 12.5 Å². The van der Waals surface area contributed by atoms with Crippen molar-refractivity contribution in [1.29, 1.82) is 0 Å². The van der Waals surface area contributed by atoms with Crippen LogP contribution in [0.3, 0.4) is 0 Å². The van der Waals surface area contributed by atoms with Crippen LogP contribution in [0.1, 0.15) is 72.9 Å². The van der Waals surface area contributed by atoms with E-state index in [1.165, 1.54) is 57.5 Å². The van der Waals surface area contributed by atoms with E-state index in [0.717, 1.165) is 6.42 Å². The highest BCUT2D eigenvalue weighted by molar-refractivity contribution is 5.85.